The van der Waals surface area contributed by atoms with Gasteiger partial charge in [0, 0.05) is 0 Å². The highest BCUT2D eigenvalue weighted by molar-refractivity contribution is 7.89. The first-order chi connectivity index (χ1) is 9.62. The minimum Gasteiger partial charge on any atom is -0.460 e. The number of benzene rings is 1. The minimum atomic E-state index is -4.12. The van der Waals surface area contributed by atoms with E-state index in [4.69, 9.17) is 14.6 Å². The van der Waals surface area contributed by atoms with E-state index in [1.165, 1.54) is 6.92 Å². The van der Waals surface area contributed by atoms with Gasteiger partial charge in [-0.25, -0.2) is 22.7 Å². The molecule has 0 fully saturated rings. The van der Waals surface area contributed by atoms with Crippen molar-refractivity contribution in [2.45, 2.75) is 31.8 Å². The summed E-state index contributed by atoms with van der Waals surface area (Å²) in [6.07, 6.45) is -0.00593. The molecule has 2 N–H and O–H groups in total. The van der Waals surface area contributed by atoms with Crippen molar-refractivity contribution in [1.29, 1.82) is 0 Å². The number of primary sulfonamides is 1. The molecule has 1 rings (SSSR count). The van der Waals surface area contributed by atoms with Gasteiger partial charge in [-0.2, -0.15) is 0 Å². The molecule has 0 aromatic heterocycles. The Hall–Kier alpha value is -1.51. The maximum Gasteiger partial charge on any atom is 0.338 e. The number of hydrogen-bond acceptors (Lipinski definition) is 5. The average Bonchev–Trinajstić information content (AvgIpc) is 2.35. The maximum absolute atomic E-state index is 13.4. The van der Waals surface area contributed by atoms with Gasteiger partial charge in [0.05, 0.1) is 23.2 Å². The zero-order valence-electron chi connectivity index (χ0n) is 12.1. The Balaban J connectivity index is 2.93. The Morgan fingerprint density at radius 1 is 1.33 bits per heavy atom. The van der Waals surface area contributed by atoms with Gasteiger partial charge in [-0.15, -0.1) is 0 Å². The number of carbonyl (C=O) groups excluding carboxylic acids is 1. The molecule has 118 valence electrons. The summed E-state index contributed by atoms with van der Waals surface area (Å²) < 4.78 is 46.3. The van der Waals surface area contributed by atoms with Crippen LogP contribution >= 0.6 is 0 Å². The van der Waals surface area contributed by atoms with Crippen molar-refractivity contribution in [3.8, 4) is 0 Å². The van der Waals surface area contributed by atoms with Crippen LogP contribution in [0.5, 0.6) is 0 Å². The molecule has 0 spiro atoms. The Morgan fingerprint density at radius 3 is 2.48 bits per heavy atom. The number of ether oxygens (including phenoxy) is 2. The molecule has 0 bridgehead atoms. The van der Waals surface area contributed by atoms with Gasteiger partial charge in [-0.3, -0.25) is 0 Å². The summed E-state index contributed by atoms with van der Waals surface area (Å²) in [5, 5.41) is 4.98. The second-order valence-electron chi connectivity index (χ2n) is 4.68. The highest BCUT2D eigenvalue weighted by Crippen LogP contribution is 2.20. The first-order valence-corrected chi connectivity index (χ1v) is 7.79. The van der Waals surface area contributed by atoms with Crippen molar-refractivity contribution in [2.24, 2.45) is 5.14 Å². The Labute approximate surface area is 123 Å². The predicted molar refractivity (Wildman–Crippen MR) is 73.9 cm³/mol. The molecule has 0 saturated carbocycles. The Bertz CT molecular complexity index is 628. The van der Waals surface area contributed by atoms with Gasteiger partial charge in [0.1, 0.15) is 12.4 Å². The van der Waals surface area contributed by atoms with Crippen LogP contribution in [0.4, 0.5) is 4.39 Å². The minimum absolute atomic E-state index is 0.00593. The number of hydrogen-bond donors (Lipinski definition) is 1. The van der Waals surface area contributed by atoms with Gasteiger partial charge in [-0.05, 0) is 38.5 Å². The van der Waals surface area contributed by atoms with E-state index < -0.39 is 26.7 Å². The van der Waals surface area contributed by atoms with Crippen LogP contribution in [0.1, 0.15) is 29.8 Å². The van der Waals surface area contributed by atoms with Crippen LogP contribution in [-0.4, -0.2) is 33.7 Å². The summed E-state index contributed by atoms with van der Waals surface area (Å²) in [7, 11) is -4.12. The molecule has 21 heavy (non-hydrogen) atoms. The lowest BCUT2D eigenvalue weighted by atomic mass is 10.1. The molecular weight excluding hydrogens is 301 g/mol. The Morgan fingerprint density at radius 2 is 1.95 bits per heavy atom. The third-order valence-corrected chi connectivity index (χ3v) is 3.66. The summed E-state index contributed by atoms with van der Waals surface area (Å²) in [6.45, 7) is 5.20. The summed E-state index contributed by atoms with van der Waals surface area (Å²) >= 11 is 0. The topological polar surface area (TPSA) is 95.7 Å². The molecule has 0 unspecified atom stereocenters. The lowest BCUT2D eigenvalue weighted by Crippen LogP contribution is -2.18. The number of sulfonamides is 1. The van der Waals surface area contributed by atoms with Gasteiger partial charge >= 0.3 is 5.97 Å². The maximum atomic E-state index is 13.4. The van der Waals surface area contributed by atoms with E-state index in [1.54, 1.807) is 0 Å². The summed E-state index contributed by atoms with van der Waals surface area (Å²) in [5.74, 6) is -1.71. The zero-order valence-corrected chi connectivity index (χ0v) is 12.9. The zero-order chi connectivity index (χ0) is 16.2. The highest BCUT2D eigenvalue weighted by Gasteiger charge is 2.21. The predicted octanol–water partition coefficient (Wildman–Crippen LogP) is 1.36. The summed E-state index contributed by atoms with van der Waals surface area (Å²) in [4.78, 5) is 11.4. The van der Waals surface area contributed by atoms with Crippen LogP contribution in [0.25, 0.3) is 0 Å². The normalized spacial score (nSPS) is 11.7. The number of esters is 1. The first-order valence-electron chi connectivity index (χ1n) is 6.24. The van der Waals surface area contributed by atoms with Crippen molar-refractivity contribution in [1.82, 2.24) is 0 Å². The van der Waals surface area contributed by atoms with E-state index in [-0.39, 0.29) is 30.4 Å². The van der Waals surface area contributed by atoms with Crippen LogP contribution in [0.3, 0.4) is 0 Å². The second-order valence-corrected chi connectivity index (χ2v) is 6.21. The van der Waals surface area contributed by atoms with Crippen molar-refractivity contribution >= 4 is 16.0 Å². The second kappa shape index (κ2) is 6.97. The van der Waals surface area contributed by atoms with Crippen molar-refractivity contribution in [3.63, 3.8) is 0 Å². The fourth-order valence-electron chi connectivity index (χ4n) is 1.66. The van der Waals surface area contributed by atoms with Crippen LogP contribution < -0.4 is 5.14 Å². The summed E-state index contributed by atoms with van der Waals surface area (Å²) in [6, 6.07) is 1.68. The molecule has 0 amide bonds. The molecular formula is C13H18FNO5S. The van der Waals surface area contributed by atoms with Crippen molar-refractivity contribution in [3.05, 3.63) is 29.1 Å². The molecule has 1 aromatic carbocycles. The van der Waals surface area contributed by atoms with E-state index in [9.17, 15) is 17.6 Å². The van der Waals surface area contributed by atoms with Gasteiger partial charge in [0.15, 0.2) is 0 Å². The van der Waals surface area contributed by atoms with E-state index in [0.29, 0.717) is 0 Å². The SMILES string of the molecule is Cc1c(C(=O)OCCOC(C)C)cc(F)cc1S(N)(=O)=O. The van der Waals surface area contributed by atoms with Crippen molar-refractivity contribution < 1.29 is 27.1 Å². The summed E-state index contributed by atoms with van der Waals surface area (Å²) in [5.41, 5.74) is -0.128. The highest BCUT2D eigenvalue weighted by atomic mass is 32.2. The largest absolute Gasteiger partial charge is 0.460 e. The van der Waals surface area contributed by atoms with E-state index in [1.807, 2.05) is 13.8 Å². The molecule has 8 heteroatoms. The smallest absolute Gasteiger partial charge is 0.338 e. The molecule has 0 heterocycles. The third kappa shape index (κ3) is 5.07. The Kier molecular flexibility index (Phi) is 5.82. The third-order valence-electron chi connectivity index (χ3n) is 2.62. The number of nitrogens with two attached hydrogens (primary N) is 1. The van der Waals surface area contributed by atoms with E-state index >= 15 is 0 Å². The number of carbonyl (C=O) groups is 1. The molecule has 0 saturated heterocycles. The number of rotatable bonds is 6. The first kappa shape index (κ1) is 17.5. The molecule has 6 nitrogen and oxygen atoms in total. The quantitative estimate of drug-likeness (QED) is 0.631. The number of halogens is 1. The van der Waals surface area contributed by atoms with Crippen LogP contribution in [0, 0.1) is 12.7 Å². The lowest BCUT2D eigenvalue weighted by molar-refractivity contribution is 0.0176. The van der Waals surface area contributed by atoms with Crippen LogP contribution in [0.2, 0.25) is 0 Å². The van der Waals surface area contributed by atoms with Crippen LogP contribution in [0.15, 0.2) is 17.0 Å². The van der Waals surface area contributed by atoms with E-state index in [2.05, 4.69) is 0 Å². The van der Waals surface area contributed by atoms with Crippen LogP contribution in [-0.2, 0) is 19.5 Å². The van der Waals surface area contributed by atoms with Gasteiger partial charge in [0.2, 0.25) is 10.0 Å². The van der Waals surface area contributed by atoms with Gasteiger partial charge in [-0.1, -0.05) is 0 Å². The molecule has 0 atom stereocenters. The monoisotopic (exact) mass is 319 g/mol. The van der Waals surface area contributed by atoms with Gasteiger partial charge < -0.3 is 9.47 Å². The standard InChI is InChI=1S/C13H18FNO5S/c1-8(2)19-4-5-20-13(16)11-6-10(14)7-12(9(11)3)21(15,17)18/h6-8H,4-5H2,1-3H3,(H2,15,17,18). The molecule has 0 aliphatic rings. The van der Waals surface area contributed by atoms with Crippen molar-refractivity contribution in [2.75, 3.05) is 13.2 Å². The molecule has 1 aromatic rings. The van der Waals surface area contributed by atoms with Gasteiger partial charge in [0.25, 0.3) is 0 Å². The average molecular weight is 319 g/mol. The lowest BCUT2D eigenvalue weighted by Gasteiger charge is -2.11. The van der Waals surface area contributed by atoms with E-state index in [0.717, 1.165) is 12.1 Å². The molecule has 0 aliphatic carbocycles. The fraction of sp³-hybridized carbons (Fsp3) is 0.462. The fourth-order valence-corrected chi connectivity index (χ4v) is 2.47. The molecule has 0 radical (unpaired) electrons. The molecule has 0 aliphatic heterocycles.